The van der Waals surface area contributed by atoms with Crippen LogP contribution in [-0.2, 0) is 44.6 Å². The molecule has 4 saturated heterocycles. The van der Waals surface area contributed by atoms with E-state index in [-0.39, 0.29) is 47.5 Å². The van der Waals surface area contributed by atoms with E-state index in [1.807, 2.05) is 191 Å². The van der Waals surface area contributed by atoms with E-state index in [4.69, 9.17) is 35.5 Å². The lowest BCUT2D eigenvalue weighted by molar-refractivity contribution is -0.0395. The maximum absolute atomic E-state index is 13.6. The molecule has 0 radical (unpaired) electrons. The van der Waals surface area contributed by atoms with Crippen LogP contribution in [0.15, 0.2) is 312 Å². The SMILES string of the molecule is CN(C)c1ccc(-c2ccc(Cc3cc4c(=O)n([C@H]5CCOC[C@@H]5O)cnc4c4ccccc34)cn2)cc1.Cc1ccc(-c2ccc(Cc3cc4c(=O)n([C@H]5COCC[C@@H]5O)cnc4c4ccccc34)cn2)cn1.O=c1c2cc(Cc3ccc(-c4ccncc4)cc3)c3ccccc3c2ncn1[C@H]1CCOC[C@@H]1O.O=c1c2cc(Cc3ccnc(Cl)c3)c3ccccc3c2ncn1[C@H]1COCC[C@@H]1O. The first kappa shape index (κ1) is 92.0. The summed E-state index contributed by atoms with van der Waals surface area (Å²) in [4.78, 5) is 96.8. The van der Waals surface area contributed by atoms with E-state index in [9.17, 15) is 39.6 Å². The minimum Gasteiger partial charge on any atom is -0.391 e. The van der Waals surface area contributed by atoms with Gasteiger partial charge in [0.1, 0.15) is 5.15 Å². The van der Waals surface area contributed by atoms with E-state index >= 15 is 0 Å². The Labute approximate surface area is 803 Å². The number of nitrogens with zero attached hydrogens (tertiary/aromatic N) is 14. The molecule has 0 unspecified atom stereocenters. The predicted molar refractivity (Wildman–Crippen MR) is 542 cm³/mol. The molecule has 10 aromatic carbocycles. The Morgan fingerprint density at radius 1 is 0.324 bits per heavy atom. The molecule has 139 heavy (non-hydrogen) atoms. The molecule has 4 aliphatic rings. The van der Waals surface area contributed by atoms with Gasteiger partial charge in [-0.2, -0.15) is 0 Å². The summed E-state index contributed by atoms with van der Waals surface area (Å²) in [5, 5.41) is 52.4. The first-order chi connectivity index (χ1) is 67.9. The first-order valence-electron chi connectivity index (χ1n) is 46.8. The van der Waals surface area contributed by atoms with Crippen molar-refractivity contribution in [1.82, 2.24) is 63.1 Å². The summed E-state index contributed by atoms with van der Waals surface area (Å²) < 4.78 is 27.9. The Balaban J connectivity index is 0.000000114. The van der Waals surface area contributed by atoms with E-state index in [1.54, 1.807) is 46.7 Å². The van der Waals surface area contributed by atoms with Crippen LogP contribution in [0.25, 0.3) is 120 Å². The summed E-state index contributed by atoms with van der Waals surface area (Å²) >= 11 is 6.06. The molecule has 19 aromatic rings. The number of aromatic nitrogens is 13. The number of aryl methyl sites for hydroxylation is 1. The molecule has 0 spiro atoms. The van der Waals surface area contributed by atoms with E-state index in [0.717, 1.165) is 133 Å². The van der Waals surface area contributed by atoms with Crippen LogP contribution < -0.4 is 27.1 Å². The quantitative estimate of drug-likeness (QED) is 0.0516. The van der Waals surface area contributed by atoms with Crippen LogP contribution in [0.3, 0.4) is 0 Å². The molecule has 4 N–H and O–H groups in total. The third-order valence-electron chi connectivity index (χ3n) is 27.0. The molecule has 4 aliphatic heterocycles. The molecule has 8 atom stereocenters. The van der Waals surface area contributed by atoms with E-state index in [1.165, 1.54) is 15.5 Å². The van der Waals surface area contributed by atoms with Gasteiger partial charge in [-0.05, 0) is 220 Å². The van der Waals surface area contributed by atoms with Gasteiger partial charge in [-0.1, -0.05) is 157 Å². The minimum atomic E-state index is -0.732. The number of halogens is 1. The minimum absolute atomic E-state index is 0.124. The second-order valence-corrected chi connectivity index (χ2v) is 36.5. The van der Waals surface area contributed by atoms with Crippen LogP contribution in [0, 0.1) is 6.92 Å². The van der Waals surface area contributed by atoms with E-state index < -0.39 is 36.5 Å². The van der Waals surface area contributed by atoms with Gasteiger partial charge in [0, 0.05) is 122 Å². The fourth-order valence-corrected chi connectivity index (χ4v) is 19.7. The summed E-state index contributed by atoms with van der Waals surface area (Å²) in [5.74, 6) is 0. The van der Waals surface area contributed by atoms with Gasteiger partial charge in [0.2, 0.25) is 0 Å². The van der Waals surface area contributed by atoms with Crippen LogP contribution in [0.5, 0.6) is 0 Å². The maximum Gasteiger partial charge on any atom is 0.261 e. The zero-order chi connectivity index (χ0) is 95.3. The van der Waals surface area contributed by atoms with Crippen molar-refractivity contribution in [3.8, 4) is 33.6 Å². The monoisotopic (exact) mass is 1870 g/mol. The molecule has 0 aliphatic carbocycles. The lowest BCUT2D eigenvalue weighted by atomic mass is 9.95. The maximum atomic E-state index is 13.6. The first-order valence-corrected chi connectivity index (χ1v) is 47.2. The third-order valence-corrected chi connectivity index (χ3v) is 27.2. The third kappa shape index (κ3) is 19.5. The van der Waals surface area contributed by atoms with Crippen molar-refractivity contribution >= 4 is 104 Å². The summed E-state index contributed by atoms with van der Waals surface area (Å²) in [6.07, 6.45) is 19.1. The average Bonchev–Trinajstić information content (AvgIpc) is 0.761. The number of fused-ring (bicyclic) bond motifs is 12. The topological polar surface area (TPSA) is 325 Å². The molecule has 698 valence electrons. The zero-order valence-corrected chi connectivity index (χ0v) is 77.6. The molecule has 9 aromatic heterocycles. The highest BCUT2D eigenvalue weighted by atomic mass is 35.5. The Hall–Kier alpha value is -14.7. The molecule has 23 rings (SSSR count). The van der Waals surface area contributed by atoms with Crippen LogP contribution in [0.1, 0.15) is 100 Å². The molecular weight excluding hydrogens is 1770 g/mol. The van der Waals surface area contributed by atoms with Crippen LogP contribution in [-0.4, -0.2) is 175 Å². The number of pyridine rings is 5. The number of hydrogen-bond acceptors (Lipinski definition) is 22. The standard InChI is InChI=1S/C31H30N4O3.C29H26N4O3.C29H25N3O3.C23H20ClN3O3/c1-34(2)23-10-8-21(9-11-23)27-12-7-20(17-32-27)15-22-16-26-30(25-6-4-3-5-24(22)25)33-19-35(31(26)37)28-13-14-38-18-29(28)36;1-18-6-8-20(15-30-18)25-9-7-19(14-31-25)12-21-13-24-28(23-5-3-2-4-22(21)23)32-17-33(29(24)35)26-16-36-11-10-27(26)34;33-27-17-35-14-11-26(27)32-18-31-28-24-4-2-1-3-23(24)22(16-25(28)29(32)34)15-19-5-7-20(8-6-19)21-9-12-30-13-10-21;24-21-10-14(5-7-25-21)9-15-11-18-22(17-4-2-1-3-16(15)17)26-13-27(23(18)29)19-12-30-8-6-20(19)28/h3-12,16-17,19,28-29,36H,13-15,18H2,1-2H3;2-9,13-15,17,26-27,34H,10-12,16H2,1H3;1-10,12-13,16,18,26-27,33H,11,14-15,17H2;1-5,7,10-11,13,19-20,28H,6,8-9,12H2/t28-,29-;2*26-,27-;19-,20-/m0000/s1. The number of aliphatic hydroxyl groups is 4. The summed E-state index contributed by atoms with van der Waals surface area (Å²) in [5.41, 5.74) is 18.8. The van der Waals surface area contributed by atoms with Gasteiger partial charge in [-0.3, -0.25) is 57.4 Å². The number of aliphatic hydroxyl groups excluding tert-OH is 4. The van der Waals surface area contributed by atoms with E-state index in [2.05, 4.69) is 124 Å². The smallest absolute Gasteiger partial charge is 0.261 e. The number of anilines is 1. The van der Waals surface area contributed by atoms with Crippen LogP contribution in [0.4, 0.5) is 5.69 Å². The summed E-state index contributed by atoms with van der Waals surface area (Å²) in [6.45, 7) is 5.03. The van der Waals surface area contributed by atoms with Crippen molar-refractivity contribution in [2.75, 3.05) is 71.9 Å². The lowest BCUT2D eigenvalue weighted by Crippen LogP contribution is -2.39. The van der Waals surface area contributed by atoms with Gasteiger partial charge < -0.3 is 44.3 Å². The fraction of sp³-hybridized carbons (Fsp3) is 0.241. The average molecular weight is 1870 g/mol. The fourth-order valence-electron chi connectivity index (χ4n) is 19.5. The van der Waals surface area contributed by atoms with E-state index in [0.29, 0.717) is 140 Å². The Morgan fingerprint density at radius 2 is 0.683 bits per heavy atom. The van der Waals surface area contributed by atoms with Gasteiger partial charge in [0.15, 0.2) is 0 Å². The van der Waals surface area contributed by atoms with Gasteiger partial charge in [0.25, 0.3) is 22.2 Å². The molecule has 26 nitrogen and oxygen atoms in total. The molecule has 4 fully saturated rings. The largest absolute Gasteiger partial charge is 0.391 e. The second-order valence-electron chi connectivity index (χ2n) is 36.1. The van der Waals surface area contributed by atoms with Crippen LogP contribution in [0.2, 0.25) is 5.15 Å². The second kappa shape index (κ2) is 40.9. The zero-order valence-electron chi connectivity index (χ0n) is 76.8. The number of benzene rings is 10. The molecule has 13 heterocycles. The molecular formula is C112H101ClN14O12. The normalized spacial score (nSPS) is 18.3. The van der Waals surface area contributed by atoms with Crippen molar-refractivity contribution in [2.45, 2.75) is 107 Å². The number of rotatable bonds is 16. The van der Waals surface area contributed by atoms with Crippen molar-refractivity contribution in [2.24, 2.45) is 0 Å². The van der Waals surface area contributed by atoms with Crippen molar-refractivity contribution < 1.29 is 39.4 Å². The highest BCUT2D eigenvalue weighted by Gasteiger charge is 2.33. The number of ether oxygens (including phenoxy) is 4. The lowest BCUT2D eigenvalue weighted by Gasteiger charge is -2.29. The molecule has 0 amide bonds. The van der Waals surface area contributed by atoms with Gasteiger partial charge in [-0.25, -0.2) is 24.9 Å². The molecule has 27 heteroatoms. The van der Waals surface area contributed by atoms with Crippen molar-refractivity contribution in [3.63, 3.8) is 0 Å². The highest BCUT2D eigenvalue weighted by Crippen LogP contribution is 2.37. The Morgan fingerprint density at radius 3 is 1.06 bits per heavy atom. The van der Waals surface area contributed by atoms with Crippen molar-refractivity contribution in [1.29, 1.82) is 0 Å². The van der Waals surface area contributed by atoms with Gasteiger partial charge in [0.05, 0.1) is 155 Å². The Bertz CT molecular complexity index is 8020. The van der Waals surface area contributed by atoms with Gasteiger partial charge in [-0.15, -0.1) is 0 Å². The summed E-state index contributed by atoms with van der Waals surface area (Å²) in [7, 11) is 4.05. The molecule has 0 saturated carbocycles. The Kier molecular flexibility index (Phi) is 27.1. The predicted octanol–water partition coefficient (Wildman–Crippen LogP) is 16.9. The summed E-state index contributed by atoms with van der Waals surface area (Å²) in [6, 6.07) is 75.2. The molecule has 0 bridgehead atoms. The number of hydrogen-bond donors (Lipinski definition) is 4. The van der Waals surface area contributed by atoms with Gasteiger partial charge >= 0.3 is 0 Å². The highest BCUT2D eigenvalue weighted by molar-refractivity contribution is 6.29. The van der Waals surface area contributed by atoms with Crippen molar-refractivity contribution in [3.05, 3.63) is 390 Å². The van der Waals surface area contributed by atoms with Crippen LogP contribution >= 0.6 is 11.6 Å².